The lowest BCUT2D eigenvalue weighted by Crippen LogP contribution is -2.31. The second kappa shape index (κ2) is 6.57. The average Bonchev–Trinajstić information content (AvgIpc) is 2.22. The minimum atomic E-state index is -0.309. The van der Waals surface area contributed by atoms with Gasteiger partial charge in [-0.15, -0.1) is 0 Å². The number of carbonyl (C=O) groups is 1. The number of halogens is 2. The van der Waals surface area contributed by atoms with E-state index in [0.29, 0.717) is 23.6 Å². The molecule has 0 aliphatic rings. The van der Waals surface area contributed by atoms with Crippen LogP contribution in [-0.2, 0) is 11.2 Å². The maximum atomic E-state index is 13.3. The number of rotatable bonds is 5. The van der Waals surface area contributed by atoms with Gasteiger partial charge in [0.1, 0.15) is 5.82 Å². The van der Waals surface area contributed by atoms with Gasteiger partial charge < -0.3 is 11.1 Å². The van der Waals surface area contributed by atoms with Crippen molar-refractivity contribution in [2.45, 2.75) is 25.8 Å². The molecule has 0 radical (unpaired) electrons. The van der Waals surface area contributed by atoms with Crippen molar-refractivity contribution >= 4 is 17.5 Å². The number of hydrogen-bond acceptors (Lipinski definition) is 2. The zero-order valence-electron chi connectivity index (χ0n) is 9.67. The molecule has 1 aromatic carbocycles. The largest absolute Gasteiger partial charge is 0.356 e. The summed E-state index contributed by atoms with van der Waals surface area (Å²) in [5.41, 5.74) is 5.98. The highest BCUT2D eigenvalue weighted by Crippen LogP contribution is 2.14. The van der Waals surface area contributed by atoms with E-state index < -0.39 is 0 Å². The van der Waals surface area contributed by atoms with E-state index in [1.165, 1.54) is 12.1 Å². The van der Waals surface area contributed by atoms with Crippen molar-refractivity contribution in [1.29, 1.82) is 0 Å². The fourth-order valence-electron chi connectivity index (χ4n) is 1.44. The summed E-state index contributed by atoms with van der Waals surface area (Å²) < 4.78 is 13.3. The maximum Gasteiger partial charge on any atom is 0.221 e. The summed E-state index contributed by atoms with van der Waals surface area (Å²) in [4.78, 5) is 11.3. The predicted molar refractivity (Wildman–Crippen MR) is 66.4 cm³/mol. The third kappa shape index (κ3) is 5.15. The molecule has 94 valence electrons. The normalized spacial score (nSPS) is 12.2. The quantitative estimate of drug-likeness (QED) is 0.847. The summed E-state index contributed by atoms with van der Waals surface area (Å²) in [7, 11) is 0. The van der Waals surface area contributed by atoms with Crippen molar-refractivity contribution in [2.75, 3.05) is 6.54 Å². The standard InChI is InChI=1S/C12H16ClFN2O/c1-8(15)6-12(17)16-5-4-9-7-10(13)2-3-11(9)14/h2-3,7-8H,4-6,15H2,1H3,(H,16,17). The lowest BCUT2D eigenvalue weighted by Gasteiger charge is -2.08. The summed E-state index contributed by atoms with van der Waals surface area (Å²) in [5.74, 6) is -0.432. The van der Waals surface area contributed by atoms with Gasteiger partial charge in [0.2, 0.25) is 5.91 Å². The smallest absolute Gasteiger partial charge is 0.221 e. The SMILES string of the molecule is CC(N)CC(=O)NCCc1cc(Cl)ccc1F. The molecule has 0 bridgehead atoms. The Morgan fingerprint density at radius 2 is 2.29 bits per heavy atom. The first-order valence-corrected chi connectivity index (χ1v) is 5.83. The molecule has 1 amide bonds. The van der Waals surface area contributed by atoms with Crippen LogP contribution in [-0.4, -0.2) is 18.5 Å². The Morgan fingerprint density at radius 1 is 1.59 bits per heavy atom. The maximum absolute atomic E-state index is 13.3. The molecule has 0 saturated carbocycles. The zero-order valence-corrected chi connectivity index (χ0v) is 10.4. The van der Waals surface area contributed by atoms with E-state index in [1.807, 2.05) is 0 Å². The van der Waals surface area contributed by atoms with Crippen molar-refractivity contribution in [3.63, 3.8) is 0 Å². The van der Waals surface area contributed by atoms with E-state index in [0.717, 1.165) is 0 Å². The van der Waals surface area contributed by atoms with Crippen LogP contribution in [0.15, 0.2) is 18.2 Å². The van der Waals surface area contributed by atoms with Gasteiger partial charge in [0, 0.05) is 24.0 Å². The van der Waals surface area contributed by atoms with E-state index in [9.17, 15) is 9.18 Å². The van der Waals surface area contributed by atoms with Gasteiger partial charge in [-0.2, -0.15) is 0 Å². The lowest BCUT2D eigenvalue weighted by atomic mass is 10.1. The minimum Gasteiger partial charge on any atom is -0.356 e. The van der Waals surface area contributed by atoms with E-state index >= 15 is 0 Å². The summed E-state index contributed by atoms with van der Waals surface area (Å²) in [6, 6.07) is 4.21. The van der Waals surface area contributed by atoms with Crippen molar-refractivity contribution in [3.05, 3.63) is 34.6 Å². The second-order valence-corrected chi connectivity index (χ2v) is 4.45. The summed E-state index contributed by atoms with van der Waals surface area (Å²) in [6.45, 7) is 2.14. The van der Waals surface area contributed by atoms with Gasteiger partial charge in [0.05, 0.1) is 0 Å². The second-order valence-electron chi connectivity index (χ2n) is 4.02. The molecule has 5 heteroatoms. The van der Waals surface area contributed by atoms with E-state index in [2.05, 4.69) is 5.32 Å². The van der Waals surface area contributed by atoms with E-state index in [1.54, 1.807) is 13.0 Å². The molecule has 1 unspecified atom stereocenters. The van der Waals surface area contributed by atoms with Crippen LogP contribution >= 0.6 is 11.6 Å². The van der Waals surface area contributed by atoms with Gasteiger partial charge in [-0.3, -0.25) is 4.79 Å². The van der Waals surface area contributed by atoms with Crippen LogP contribution in [0.1, 0.15) is 18.9 Å². The third-order valence-corrected chi connectivity index (χ3v) is 2.47. The third-order valence-electron chi connectivity index (χ3n) is 2.23. The van der Waals surface area contributed by atoms with Crippen LogP contribution in [0, 0.1) is 5.82 Å². The van der Waals surface area contributed by atoms with Gasteiger partial charge >= 0.3 is 0 Å². The Bertz CT molecular complexity index is 396. The van der Waals surface area contributed by atoms with Crippen LogP contribution in [0.4, 0.5) is 4.39 Å². The fourth-order valence-corrected chi connectivity index (χ4v) is 1.63. The van der Waals surface area contributed by atoms with Crippen LogP contribution < -0.4 is 11.1 Å². The highest BCUT2D eigenvalue weighted by atomic mass is 35.5. The van der Waals surface area contributed by atoms with Gasteiger partial charge in [-0.05, 0) is 37.1 Å². The number of amides is 1. The van der Waals surface area contributed by atoms with Crippen LogP contribution in [0.2, 0.25) is 5.02 Å². The van der Waals surface area contributed by atoms with Crippen molar-refractivity contribution < 1.29 is 9.18 Å². The molecular weight excluding hydrogens is 243 g/mol. The van der Waals surface area contributed by atoms with Crippen molar-refractivity contribution in [2.24, 2.45) is 5.73 Å². The number of nitrogens with two attached hydrogens (primary N) is 1. The highest BCUT2D eigenvalue weighted by molar-refractivity contribution is 6.30. The van der Waals surface area contributed by atoms with Crippen LogP contribution in [0.3, 0.4) is 0 Å². The summed E-state index contributed by atoms with van der Waals surface area (Å²) in [6.07, 6.45) is 0.690. The first-order valence-electron chi connectivity index (χ1n) is 5.45. The predicted octanol–water partition coefficient (Wildman–Crippen LogP) is 1.88. The molecule has 3 nitrogen and oxygen atoms in total. The molecule has 0 aliphatic heterocycles. The number of carbonyl (C=O) groups excluding carboxylic acids is 1. The molecule has 1 rings (SSSR count). The Labute approximate surface area is 105 Å². The molecule has 0 aliphatic carbocycles. The van der Waals surface area contributed by atoms with E-state index in [4.69, 9.17) is 17.3 Å². The molecule has 1 atom stereocenters. The van der Waals surface area contributed by atoms with Gasteiger partial charge in [-0.1, -0.05) is 11.6 Å². The molecule has 0 spiro atoms. The molecule has 1 aromatic rings. The Balaban J connectivity index is 2.40. The number of hydrogen-bond donors (Lipinski definition) is 2. The minimum absolute atomic E-state index is 0.123. The first-order chi connectivity index (χ1) is 7.99. The lowest BCUT2D eigenvalue weighted by molar-refractivity contribution is -0.121. The van der Waals surface area contributed by atoms with Crippen molar-refractivity contribution in [3.8, 4) is 0 Å². The van der Waals surface area contributed by atoms with E-state index in [-0.39, 0.29) is 24.2 Å². The van der Waals surface area contributed by atoms with Crippen molar-refractivity contribution in [1.82, 2.24) is 5.32 Å². The summed E-state index contributed by atoms with van der Waals surface area (Å²) >= 11 is 5.76. The molecular formula is C12H16ClFN2O. The fraction of sp³-hybridized carbons (Fsp3) is 0.417. The highest BCUT2D eigenvalue weighted by Gasteiger charge is 2.06. The molecule has 0 fully saturated rings. The number of nitrogens with one attached hydrogen (secondary N) is 1. The molecule has 3 N–H and O–H groups in total. The Kier molecular flexibility index (Phi) is 5.38. The molecule has 0 aromatic heterocycles. The van der Waals surface area contributed by atoms with Gasteiger partial charge in [0.25, 0.3) is 0 Å². The van der Waals surface area contributed by atoms with Crippen LogP contribution in [0.5, 0.6) is 0 Å². The Hall–Kier alpha value is -1.13. The van der Waals surface area contributed by atoms with Crippen LogP contribution in [0.25, 0.3) is 0 Å². The van der Waals surface area contributed by atoms with Gasteiger partial charge in [0.15, 0.2) is 0 Å². The Morgan fingerprint density at radius 3 is 2.94 bits per heavy atom. The first kappa shape index (κ1) is 13.9. The summed E-state index contributed by atoms with van der Waals surface area (Å²) in [5, 5.41) is 3.17. The molecule has 0 saturated heterocycles. The molecule has 0 heterocycles. The monoisotopic (exact) mass is 258 g/mol. The zero-order chi connectivity index (χ0) is 12.8. The topological polar surface area (TPSA) is 55.1 Å². The van der Waals surface area contributed by atoms with Gasteiger partial charge in [-0.25, -0.2) is 4.39 Å². The number of benzene rings is 1. The average molecular weight is 259 g/mol. The molecule has 17 heavy (non-hydrogen) atoms.